The molecule has 5 nitrogen and oxygen atoms in total. The van der Waals surface area contributed by atoms with Crippen LogP contribution in [0, 0.1) is 0 Å². The van der Waals surface area contributed by atoms with E-state index in [1.807, 2.05) is 18.2 Å². The molecule has 0 saturated carbocycles. The summed E-state index contributed by atoms with van der Waals surface area (Å²) < 4.78 is 7.98. The highest BCUT2D eigenvalue weighted by molar-refractivity contribution is 5.97. The smallest absolute Gasteiger partial charge is 0.248 e. The fourth-order valence-electron chi connectivity index (χ4n) is 5.10. The van der Waals surface area contributed by atoms with Gasteiger partial charge in [-0.2, -0.15) is 0 Å². The molecule has 0 spiro atoms. The Kier molecular flexibility index (Phi) is 6.37. The van der Waals surface area contributed by atoms with Crippen molar-refractivity contribution in [1.29, 1.82) is 0 Å². The minimum atomic E-state index is -0.378. The van der Waals surface area contributed by atoms with Crippen molar-refractivity contribution in [1.82, 2.24) is 9.47 Å². The van der Waals surface area contributed by atoms with E-state index >= 15 is 0 Å². The van der Waals surface area contributed by atoms with Gasteiger partial charge in [-0.1, -0.05) is 42.5 Å². The number of amides is 1. The van der Waals surface area contributed by atoms with Crippen LogP contribution in [0.4, 0.5) is 0 Å². The number of piperidine rings is 1. The first-order valence-electron chi connectivity index (χ1n) is 12.0. The van der Waals surface area contributed by atoms with Gasteiger partial charge in [-0.3, -0.25) is 4.79 Å². The van der Waals surface area contributed by atoms with Gasteiger partial charge in [0.15, 0.2) is 0 Å². The Labute approximate surface area is 200 Å². The van der Waals surface area contributed by atoms with Gasteiger partial charge in [-0.15, -0.1) is 0 Å². The lowest BCUT2D eigenvalue weighted by Gasteiger charge is -2.33. The molecule has 0 unspecified atom stereocenters. The van der Waals surface area contributed by atoms with Crippen molar-refractivity contribution in [2.24, 2.45) is 5.73 Å². The maximum atomic E-state index is 11.6. The van der Waals surface area contributed by atoms with E-state index in [-0.39, 0.29) is 5.91 Å². The summed E-state index contributed by atoms with van der Waals surface area (Å²) in [5, 5.41) is 1.15. The summed E-state index contributed by atoms with van der Waals surface area (Å²) in [6.07, 6.45) is 5.29. The summed E-state index contributed by atoms with van der Waals surface area (Å²) in [7, 11) is 1.75. The average molecular weight is 454 g/mol. The molecular formula is C29H31N3O2. The molecule has 4 aromatic rings. The fourth-order valence-corrected chi connectivity index (χ4v) is 5.10. The van der Waals surface area contributed by atoms with E-state index in [1.165, 1.54) is 16.7 Å². The molecule has 174 valence electrons. The first-order valence-corrected chi connectivity index (χ1v) is 12.0. The zero-order valence-electron chi connectivity index (χ0n) is 19.6. The highest BCUT2D eigenvalue weighted by Gasteiger charge is 2.22. The molecule has 3 aromatic carbocycles. The van der Waals surface area contributed by atoms with Crippen LogP contribution in [-0.2, 0) is 6.42 Å². The molecule has 2 N–H and O–H groups in total. The van der Waals surface area contributed by atoms with E-state index in [1.54, 1.807) is 13.2 Å². The normalized spacial score (nSPS) is 15.0. The Bertz CT molecular complexity index is 1290. The Morgan fingerprint density at radius 1 is 0.971 bits per heavy atom. The summed E-state index contributed by atoms with van der Waals surface area (Å²) in [5.41, 5.74) is 10.9. The first kappa shape index (κ1) is 22.2. The van der Waals surface area contributed by atoms with Gasteiger partial charge in [-0.25, -0.2) is 0 Å². The van der Waals surface area contributed by atoms with Gasteiger partial charge in [0.05, 0.1) is 7.11 Å². The largest absolute Gasteiger partial charge is 0.496 e. The maximum Gasteiger partial charge on any atom is 0.248 e. The number of hydrogen-bond donors (Lipinski definition) is 1. The summed E-state index contributed by atoms with van der Waals surface area (Å²) in [6, 6.07) is 25.3. The van der Waals surface area contributed by atoms with Crippen molar-refractivity contribution in [3.05, 3.63) is 90.1 Å². The number of likely N-dealkylation sites (tertiary alicyclic amines) is 1. The van der Waals surface area contributed by atoms with Gasteiger partial charge in [-0.05, 0) is 71.7 Å². The summed E-state index contributed by atoms with van der Waals surface area (Å²) in [5.74, 6) is 0.579. The number of carbonyl (C=O) groups excluding carboxylic acids is 1. The molecule has 0 radical (unpaired) electrons. The number of nitrogens with two attached hydrogens (primary N) is 1. The van der Waals surface area contributed by atoms with E-state index in [9.17, 15) is 4.79 Å². The monoisotopic (exact) mass is 453 g/mol. The second-order valence-corrected chi connectivity index (χ2v) is 9.08. The minimum Gasteiger partial charge on any atom is -0.496 e. The molecule has 2 heterocycles. The van der Waals surface area contributed by atoms with Gasteiger partial charge in [0, 0.05) is 43.0 Å². The van der Waals surface area contributed by atoms with Crippen molar-refractivity contribution in [3.8, 4) is 16.9 Å². The molecule has 0 aliphatic carbocycles. The molecule has 0 atom stereocenters. The molecular weight excluding hydrogens is 422 g/mol. The molecule has 34 heavy (non-hydrogen) atoms. The molecule has 1 saturated heterocycles. The third-order valence-corrected chi connectivity index (χ3v) is 7.04. The molecule has 1 aromatic heterocycles. The zero-order valence-corrected chi connectivity index (χ0v) is 19.6. The molecule has 5 heteroatoms. The first-order chi connectivity index (χ1) is 16.6. The molecule has 5 rings (SSSR count). The van der Waals surface area contributed by atoms with Crippen LogP contribution >= 0.6 is 0 Å². The number of rotatable bonds is 7. The lowest BCUT2D eigenvalue weighted by Crippen LogP contribution is -2.35. The predicted molar refractivity (Wildman–Crippen MR) is 137 cm³/mol. The summed E-state index contributed by atoms with van der Waals surface area (Å²) >= 11 is 0. The van der Waals surface area contributed by atoms with Crippen LogP contribution in [0.15, 0.2) is 79.0 Å². The number of ether oxygens (including phenoxy) is 1. The Balaban J connectivity index is 1.24. The summed E-state index contributed by atoms with van der Waals surface area (Å²) in [6.45, 7) is 3.13. The standard InChI is InChI=1S/C29H31N3O2/c1-34-28-10-9-23(21-5-3-2-4-6-21)19-24(28)11-15-31-16-13-26(14-17-31)32-18-12-22-7-8-25(29(30)33)20-27(22)32/h2-10,12,18-20,26H,11,13-17H2,1H3,(H2,30,33). The van der Waals surface area contributed by atoms with E-state index < -0.39 is 0 Å². The van der Waals surface area contributed by atoms with Crippen molar-refractivity contribution in [3.63, 3.8) is 0 Å². The van der Waals surface area contributed by atoms with Crippen LogP contribution < -0.4 is 10.5 Å². The van der Waals surface area contributed by atoms with Crippen LogP contribution in [0.2, 0.25) is 0 Å². The molecule has 1 aliphatic rings. The highest BCUT2D eigenvalue weighted by atomic mass is 16.5. The SMILES string of the molecule is COc1ccc(-c2ccccc2)cc1CCN1CCC(n2ccc3ccc(C(N)=O)cc32)CC1. The van der Waals surface area contributed by atoms with Gasteiger partial charge < -0.3 is 19.9 Å². The minimum absolute atomic E-state index is 0.378. The summed E-state index contributed by atoms with van der Waals surface area (Å²) in [4.78, 5) is 14.2. The van der Waals surface area contributed by atoms with E-state index in [0.29, 0.717) is 11.6 Å². The number of methoxy groups -OCH3 is 1. The van der Waals surface area contributed by atoms with E-state index in [4.69, 9.17) is 10.5 Å². The molecule has 1 amide bonds. The Morgan fingerprint density at radius 3 is 2.50 bits per heavy atom. The second kappa shape index (κ2) is 9.74. The number of primary amides is 1. The molecule has 0 bridgehead atoms. The van der Waals surface area contributed by atoms with Crippen molar-refractivity contribution in [2.45, 2.75) is 25.3 Å². The van der Waals surface area contributed by atoms with Crippen LogP contribution in [0.3, 0.4) is 0 Å². The quantitative estimate of drug-likeness (QED) is 0.413. The highest BCUT2D eigenvalue weighted by Crippen LogP contribution is 2.30. The third-order valence-electron chi connectivity index (χ3n) is 7.04. The Morgan fingerprint density at radius 2 is 1.76 bits per heavy atom. The third kappa shape index (κ3) is 4.57. The lowest BCUT2D eigenvalue weighted by atomic mass is 10.00. The van der Waals surface area contributed by atoms with Crippen LogP contribution in [0.25, 0.3) is 22.0 Å². The van der Waals surface area contributed by atoms with Crippen LogP contribution in [0.1, 0.15) is 34.8 Å². The Hall–Kier alpha value is -3.57. The average Bonchev–Trinajstić information content (AvgIpc) is 3.31. The number of benzene rings is 3. The topological polar surface area (TPSA) is 60.5 Å². The van der Waals surface area contributed by atoms with Crippen molar-refractivity contribution in [2.75, 3.05) is 26.7 Å². The zero-order chi connectivity index (χ0) is 23.5. The van der Waals surface area contributed by atoms with Crippen LogP contribution in [0.5, 0.6) is 5.75 Å². The number of aromatic nitrogens is 1. The number of hydrogen-bond acceptors (Lipinski definition) is 3. The lowest BCUT2D eigenvalue weighted by molar-refractivity contribution is 0.100. The maximum absolute atomic E-state index is 11.6. The fraction of sp³-hybridized carbons (Fsp3) is 0.276. The van der Waals surface area contributed by atoms with Crippen LogP contribution in [-0.4, -0.2) is 42.1 Å². The number of carbonyl (C=O) groups is 1. The van der Waals surface area contributed by atoms with E-state index in [0.717, 1.165) is 55.5 Å². The van der Waals surface area contributed by atoms with Gasteiger partial charge in [0.2, 0.25) is 5.91 Å². The number of fused-ring (bicyclic) bond motifs is 1. The molecule has 1 fully saturated rings. The molecule has 1 aliphatic heterocycles. The van der Waals surface area contributed by atoms with Gasteiger partial charge in [0.25, 0.3) is 0 Å². The van der Waals surface area contributed by atoms with Gasteiger partial charge in [0.1, 0.15) is 5.75 Å². The van der Waals surface area contributed by atoms with Crippen molar-refractivity contribution < 1.29 is 9.53 Å². The van der Waals surface area contributed by atoms with Crippen molar-refractivity contribution >= 4 is 16.8 Å². The number of nitrogens with zero attached hydrogens (tertiary/aromatic N) is 2. The van der Waals surface area contributed by atoms with E-state index in [2.05, 4.69) is 64.2 Å². The second-order valence-electron chi connectivity index (χ2n) is 9.08. The van der Waals surface area contributed by atoms with Gasteiger partial charge >= 0.3 is 0 Å². The predicted octanol–water partition coefficient (Wildman–Crippen LogP) is 5.30.